The van der Waals surface area contributed by atoms with Crippen LogP contribution in [0.15, 0.2) is 48.7 Å². The lowest BCUT2D eigenvalue weighted by molar-refractivity contribution is -0.141. The van der Waals surface area contributed by atoms with E-state index in [2.05, 4.69) is 27.1 Å². The molecule has 1 N–H and O–H groups in total. The summed E-state index contributed by atoms with van der Waals surface area (Å²) in [6, 6.07) is 13.2. The van der Waals surface area contributed by atoms with Crippen molar-refractivity contribution in [2.45, 2.75) is 65.8 Å². The number of rotatable bonds is 8. The predicted octanol–water partition coefficient (Wildman–Crippen LogP) is 5.32. The monoisotopic (exact) mass is 531 g/mol. The molecule has 0 radical (unpaired) electrons. The number of carbonyl (C=O) groups is 1. The molecule has 0 bridgehead atoms. The van der Waals surface area contributed by atoms with Crippen molar-refractivity contribution in [1.29, 1.82) is 0 Å². The Morgan fingerprint density at radius 1 is 1.23 bits per heavy atom. The van der Waals surface area contributed by atoms with Gasteiger partial charge in [0, 0.05) is 38.3 Å². The average Bonchev–Trinajstić information content (AvgIpc) is 3.27. The number of aromatic nitrogens is 4. The Morgan fingerprint density at radius 3 is 2.79 bits per heavy atom. The molecule has 9 heteroatoms. The summed E-state index contributed by atoms with van der Waals surface area (Å²) >= 11 is 0. The van der Waals surface area contributed by atoms with E-state index in [-0.39, 0.29) is 11.6 Å². The van der Waals surface area contributed by atoms with Crippen LogP contribution in [0.25, 0.3) is 11.0 Å². The molecule has 0 fully saturated rings. The summed E-state index contributed by atoms with van der Waals surface area (Å²) in [7, 11) is 0. The smallest absolute Gasteiger partial charge is 0.307 e. The molecule has 5 rings (SSSR count). The zero-order chi connectivity index (χ0) is 27.7. The highest BCUT2D eigenvalue weighted by Crippen LogP contribution is 2.37. The van der Waals surface area contributed by atoms with Gasteiger partial charge in [-0.15, -0.1) is 5.10 Å². The number of nitrogens with zero attached hydrogens (tertiary/aromatic N) is 5. The van der Waals surface area contributed by atoms with Gasteiger partial charge in [-0.3, -0.25) is 14.7 Å². The maximum absolute atomic E-state index is 15.9. The number of aliphatic carboxylic acids is 1. The van der Waals surface area contributed by atoms with Gasteiger partial charge in [-0.05, 0) is 60.7 Å². The Kier molecular flexibility index (Phi) is 7.61. The second-order valence-electron chi connectivity index (χ2n) is 10.3. The molecule has 8 nitrogen and oxygen atoms in total. The molecule has 39 heavy (non-hydrogen) atoms. The largest absolute Gasteiger partial charge is 0.487 e. The van der Waals surface area contributed by atoms with E-state index in [4.69, 9.17) is 4.74 Å². The Morgan fingerprint density at radius 2 is 2.05 bits per heavy atom. The SMILES string of the molecule is CC[C@@H]1CN(Cc2cc(C(c3ccc4c(nnn4CC)c3F)C(C)C(=O)O)ccc2C)Cc2ncccc2O1. The molecule has 2 unspecified atom stereocenters. The van der Waals surface area contributed by atoms with E-state index >= 15 is 4.39 Å². The minimum Gasteiger partial charge on any atom is -0.487 e. The maximum atomic E-state index is 15.9. The minimum atomic E-state index is -0.989. The van der Waals surface area contributed by atoms with Crippen molar-refractivity contribution in [3.05, 3.63) is 82.4 Å². The van der Waals surface area contributed by atoms with Gasteiger partial charge in [-0.1, -0.05) is 43.3 Å². The molecule has 0 saturated carbocycles. The van der Waals surface area contributed by atoms with Crippen molar-refractivity contribution in [3.8, 4) is 5.75 Å². The summed E-state index contributed by atoms with van der Waals surface area (Å²) in [5.41, 5.74) is 4.85. The fourth-order valence-electron chi connectivity index (χ4n) is 5.43. The molecule has 204 valence electrons. The van der Waals surface area contributed by atoms with Gasteiger partial charge in [0.15, 0.2) is 5.82 Å². The predicted molar refractivity (Wildman–Crippen MR) is 146 cm³/mol. The van der Waals surface area contributed by atoms with Gasteiger partial charge in [-0.25, -0.2) is 9.07 Å². The summed E-state index contributed by atoms with van der Waals surface area (Å²) in [4.78, 5) is 19.1. The number of carboxylic acid groups (broad SMARTS) is 1. The number of ether oxygens (including phenoxy) is 1. The fourth-order valence-corrected chi connectivity index (χ4v) is 5.43. The molecule has 3 heterocycles. The molecule has 2 aromatic heterocycles. The highest BCUT2D eigenvalue weighted by molar-refractivity contribution is 5.78. The number of hydrogen-bond donors (Lipinski definition) is 1. The van der Waals surface area contributed by atoms with Gasteiger partial charge in [0.2, 0.25) is 0 Å². The van der Waals surface area contributed by atoms with Crippen LogP contribution in [-0.4, -0.2) is 48.6 Å². The van der Waals surface area contributed by atoms with Gasteiger partial charge in [0.1, 0.15) is 17.4 Å². The molecular weight excluding hydrogens is 497 g/mol. The van der Waals surface area contributed by atoms with Gasteiger partial charge in [0.05, 0.1) is 17.1 Å². The van der Waals surface area contributed by atoms with E-state index < -0.39 is 23.6 Å². The first-order chi connectivity index (χ1) is 18.8. The van der Waals surface area contributed by atoms with Crippen molar-refractivity contribution >= 4 is 17.0 Å². The first-order valence-electron chi connectivity index (χ1n) is 13.5. The van der Waals surface area contributed by atoms with Gasteiger partial charge in [0.25, 0.3) is 0 Å². The molecule has 0 spiro atoms. The average molecular weight is 532 g/mol. The normalized spacial score (nSPS) is 17.3. The number of pyridine rings is 1. The van der Waals surface area contributed by atoms with Crippen LogP contribution in [0, 0.1) is 18.7 Å². The molecule has 0 amide bonds. The third-order valence-electron chi connectivity index (χ3n) is 7.74. The lowest BCUT2D eigenvalue weighted by Crippen LogP contribution is -2.32. The minimum absolute atomic E-state index is 0.0380. The first-order valence-corrected chi connectivity index (χ1v) is 13.5. The van der Waals surface area contributed by atoms with Gasteiger partial charge < -0.3 is 9.84 Å². The molecular formula is C30H34FN5O3. The standard InChI is InChI=1S/C30H34FN5O3/c1-5-22-16-35(17-24-26(39-22)8-7-13-32-24)15-21-14-20(10-9-18(21)3)27(19(4)30(37)38)23-11-12-25-29(28(23)31)33-34-36(25)6-2/h7-14,19,22,27H,5-6,15-17H2,1-4H3,(H,37,38)/t19?,22-,27?/m1/s1. The Labute approximate surface area is 227 Å². The van der Waals surface area contributed by atoms with Crippen molar-refractivity contribution in [2.24, 2.45) is 5.92 Å². The summed E-state index contributed by atoms with van der Waals surface area (Å²) in [5.74, 6) is -2.25. The molecule has 3 atom stereocenters. The van der Waals surface area contributed by atoms with E-state index in [1.165, 1.54) is 0 Å². The summed E-state index contributed by atoms with van der Waals surface area (Å²) < 4.78 is 23.7. The Bertz CT molecular complexity index is 1500. The van der Waals surface area contributed by atoms with Gasteiger partial charge >= 0.3 is 5.97 Å². The molecule has 0 saturated heterocycles. The zero-order valence-corrected chi connectivity index (χ0v) is 22.8. The molecule has 4 aromatic rings. The van der Waals surface area contributed by atoms with Crippen molar-refractivity contribution in [3.63, 3.8) is 0 Å². The summed E-state index contributed by atoms with van der Waals surface area (Å²) in [6.07, 6.45) is 2.68. The van der Waals surface area contributed by atoms with Crippen LogP contribution in [0.3, 0.4) is 0 Å². The van der Waals surface area contributed by atoms with Crippen molar-refractivity contribution in [2.75, 3.05) is 6.54 Å². The van der Waals surface area contributed by atoms with E-state index in [1.807, 2.05) is 44.2 Å². The van der Waals surface area contributed by atoms with Gasteiger partial charge in [-0.2, -0.15) is 0 Å². The molecule has 1 aliphatic rings. The third kappa shape index (κ3) is 5.23. The quantitative estimate of drug-likeness (QED) is 0.329. The number of fused-ring (bicyclic) bond motifs is 2. The zero-order valence-electron chi connectivity index (χ0n) is 22.8. The Balaban J connectivity index is 1.53. The van der Waals surface area contributed by atoms with Crippen LogP contribution in [0.2, 0.25) is 0 Å². The van der Waals surface area contributed by atoms with Crippen LogP contribution in [0.5, 0.6) is 5.75 Å². The van der Waals surface area contributed by atoms with E-state index in [0.717, 1.165) is 41.1 Å². The van der Waals surface area contributed by atoms with Crippen molar-refractivity contribution < 1.29 is 19.0 Å². The van der Waals surface area contributed by atoms with E-state index in [9.17, 15) is 9.90 Å². The van der Waals surface area contributed by atoms with Crippen LogP contribution in [-0.2, 0) is 24.4 Å². The van der Waals surface area contributed by atoms with E-state index in [0.29, 0.717) is 30.7 Å². The number of halogens is 1. The number of benzene rings is 2. The number of hydrogen-bond acceptors (Lipinski definition) is 6. The summed E-state index contributed by atoms with van der Waals surface area (Å²) in [5, 5.41) is 18.1. The van der Waals surface area contributed by atoms with Crippen LogP contribution >= 0.6 is 0 Å². The highest BCUT2D eigenvalue weighted by atomic mass is 19.1. The second kappa shape index (κ2) is 11.1. The molecule has 1 aliphatic heterocycles. The van der Waals surface area contributed by atoms with Crippen LogP contribution in [0.4, 0.5) is 4.39 Å². The highest BCUT2D eigenvalue weighted by Gasteiger charge is 2.31. The number of aryl methyl sites for hydroxylation is 2. The number of carboxylic acids is 1. The fraction of sp³-hybridized carbons (Fsp3) is 0.400. The third-order valence-corrected chi connectivity index (χ3v) is 7.74. The lowest BCUT2D eigenvalue weighted by atomic mass is 9.80. The molecule has 0 aliphatic carbocycles. The second-order valence-corrected chi connectivity index (χ2v) is 10.3. The maximum Gasteiger partial charge on any atom is 0.307 e. The van der Waals surface area contributed by atoms with Crippen LogP contribution < -0.4 is 4.74 Å². The topological polar surface area (TPSA) is 93.4 Å². The lowest BCUT2D eigenvalue weighted by Gasteiger charge is -2.26. The first kappa shape index (κ1) is 26.7. The molecule has 2 aromatic carbocycles. The summed E-state index contributed by atoms with van der Waals surface area (Å²) in [6.45, 7) is 10.3. The van der Waals surface area contributed by atoms with Crippen LogP contribution in [0.1, 0.15) is 61.1 Å². The Hall–Kier alpha value is -3.85. The van der Waals surface area contributed by atoms with Crippen molar-refractivity contribution in [1.82, 2.24) is 24.9 Å². The van der Waals surface area contributed by atoms with E-state index in [1.54, 1.807) is 29.9 Å².